The lowest BCUT2D eigenvalue weighted by Gasteiger charge is -2.27. The van der Waals surface area contributed by atoms with Gasteiger partial charge in [0.2, 0.25) is 0 Å². The average molecular weight is 246 g/mol. The van der Waals surface area contributed by atoms with Crippen LogP contribution in [0.4, 0.5) is 0 Å². The molecule has 2 nitrogen and oxygen atoms in total. The maximum atomic E-state index is 5.98. The minimum atomic E-state index is -0.0278. The molecule has 1 heterocycles. The smallest absolute Gasteiger partial charge is 0.118 e. The van der Waals surface area contributed by atoms with Gasteiger partial charge in [0.15, 0.2) is 0 Å². The maximum absolute atomic E-state index is 5.98. The summed E-state index contributed by atoms with van der Waals surface area (Å²) in [5, 5.41) is 0. The second kappa shape index (κ2) is 5.57. The Kier molecular flexibility index (Phi) is 4.07. The molecule has 0 N–H and O–H groups in total. The molecule has 18 heavy (non-hydrogen) atoms. The van der Waals surface area contributed by atoms with E-state index in [0.717, 1.165) is 31.6 Å². The summed E-state index contributed by atoms with van der Waals surface area (Å²) in [5.74, 6) is 0.900. The third-order valence-electron chi connectivity index (χ3n) is 3.93. The van der Waals surface area contributed by atoms with Crippen molar-refractivity contribution in [3.63, 3.8) is 0 Å². The van der Waals surface area contributed by atoms with E-state index in [-0.39, 0.29) is 5.60 Å². The van der Waals surface area contributed by atoms with Crippen molar-refractivity contribution in [3.05, 3.63) is 35.4 Å². The van der Waals surface area contributed by atoms with E-state index in [2.05, 4.69) is 32.1 Å². The summed E-state index contributed by atoms with van der Waals surface area (Å²) in [5.41, 5.74) is 2.63. The summed E-state index contributed by atoms with van der Waals surface area (Å²) in [4.78, 5) is 0. The van der Waals surface area contributed by atoms with Crippen molar-refractivity contribution < 1.29 is 9.47 Å². The molecule has 2 heteroatoms. The summed E-state index contributed by atoms with van der Waals surface area (Å²) in [7, 11) is 1.69. The van der Waals surface area contributed by atoms with Crippen LogP contribution in [0.25, 0.3) is 6.08 Å². The van der Waals surface area contributed by atoms with Gasteiger partial charge in [-0.15, -0.1) is 0 Å². The number of ether oxygens (including phenoxy) is 2. The van der Waals surface area contributed by atoms with Crippen LogP contribution in [0.5, 0.6) is 5.75 Å². The van der Waals surface area contributed by atoms with E-state index in [4.69, 9.17) is 9.47 Å². The van der Waals surface area contributed by atoms with Crippen molar-refractivity contribution in [1.82, 2.24) is 0 Å². The summed E-state index contributed by atoms with van der Waals surface area (Å²) in [6.45, 7) is 5.26. The fraction of sp³-hybridized carbons (Fsp3) is 0.500. The van der Waals surface area contributed by atoms with Crippen LogP contribution in [-0.2, 0) is 4.74 Å². The molecule has 0 bridgehead atoms. The molecule has 2 rings (SSSR count). The van der Waals surface area contributed by atoms with Crippen molar-refractivity contribution in [3.8, 4) is 5.75 Å². The van der Waals surface area contributed by atoms with Gasteiger partial charge in [-0.1, -0.05) is 32.1 Å². The predicted molar refractivity (Wildman–Crippen MR) is 74.9 cm³/mol. The molecule has 1 aliphatic rings. The van der Waals surface area contributed by atoms with E-state index >= 15 is 0 Å². The Morgan fingerprint density at radius 3 is 2.44 bits per heavy atom. The van der Waals surface area contributed by atoms with Crippen LogP contribution in [0.2, 0.25) is 0 Å². The molecule has 0 amide bonds. The maximum Gasteiger partial charge on any atom is 0.118 e. The van der Waals surface area contributed by atoms with Crippen molar-refractivity contribution in [1.29, 1.82) is 0 Å². The first kappa shape index (κ1) is 13.2. The van der Waals surface area contributed by atoms with Crippen LogP contribution in [0.3, 0.4) is 0 Å². The molecule has 0 aromatic heterocycles. The fourth-order valence-corrected chi connectivity index (χ4v) is 2.69. The molecule has 1 saturated heterocycles. The Morgan fingerprint density at radius 2 is 1.89 bits per heavy atom. The molecule has 0 atom stereocenters. The zero-order valence-electron chi connectivity index (χ0n) is 11.5. The Bertz CT molecular complexity index is 413. The van der Waals surface area contributed by atoms with Crippen LogP contribution in [0.1, 0.15) is 38.7 Å². The molecule has 1 fully saturated rings. The molecule has 0 radical (unpaired) electrons. The third kappa shape index (κ3) is 2.44. The first-order valence-electron chi connectivity index (χ1n) is 6.73. The second-order valence-corrected chi connectivity index (χ2v) is 4.74. The number of rotatable bonds is 4. The van der Waals surface area contributed by atoms with Crippen molar-refractivity contribution in [2.45, 2.75) is 38.7 Å². The largest absolute Gasteiger partial charge is 0.497 e. The first-order chi connectivity index (χ1) is 8.74. The Labute approximate surface area is 110 Å². The molecular formula is C16H22O2. The molecular weight excluding hydrogens is 224 g/mol. The topological polar surface area (TPSA) is 18.5 Å². The molecule has 0 unspecified atom stereocenters. The van der Waals surface area contributed by atoms with Gasteiger partial charge < -0.3 is 9.47 Å². The quantitative estimate of drug-likeness (QED) is 0.797. The summed E-state index contributed by atoms with van der Waals surface area (Å²) in [6, 6.07) is 8.20. The molecule has 98 valence electrons. The molecule has 1 aromatic rings. The average Bonchev–Trinajstić information content (AvgIpc) is 2.83. The van der Waals surface area contributed by atoms with Crippen molar-refractivity contribution >= 4 is 6.08 Å². The number of hydrogen-bond donors (Lipinski definition) is 0. The molecule has 0 spiro atoms. The standard InChI is InChI=1S/C16H22O2/c1-4-16(5-2)14(10-11-18-16)12-13-6-8-15(17-3)9-7-13/h6-9,12H,4-5,10-11H2,1-3H3/b14-12-. The number of methoxy groups -OCH3 is 1. The van der Waals surface area contributed by atoms with Gasteiger partial charge in [0.25, 0.3) is 0 Å². The highest BCUT2D eigenvalue weighted by atomic mass is 16.5. The van der Waals surface area contributed by atoms with Crippen molar-refractivity contribution in [2.75, 3.05) is 13.7 Å². The SMILES string of the molecule is CCC1(CC)OCC/C1=C/c1ccc(OC)cc1. The van der Waals surface area contributed by atoms with Crippen molar-refractivity contribution in [2.24, 2.45) is 0 Å². The lowest BCUT2D eigenvalue weighted by molar-refractivity contribution is 0.0188. The van der Waals surface area contributed by atoms with Crippen LogP contribution < -0.4 is 4.74 Å². The van der Waals surface area contributed by atoms with Gasteiger partial charge >= 0.3 is 0 Å². The Balaban J connectivity index is 2.25. The van der Waals surface area contributed by atoms with Crippen LogP contribution in [-0.4, -0.2) is 19.3 Å². The van der Waals surface area contributed by atoms with Crippen LogP contribution in [0.15, 0.2) is 29.8 Å². The van der Waals surface area contributed by atoms with E-state index in [1.807, 2.05) is 12.1 Å². The minimum absolute atomic E-state index is 0.0278. The minimum Gasteiger partial charge on any atom is -0.497 e. The van der Waals surface area contributed by atoms with Gasteiger partial charge in [-0.05, 0) is 42.5 Å². The molecule has 1 aliphatic heterocycles. The molecule has 0 aliphatic carbocycles. The normalized spacial score (nSPS) is 20.3. The summed E-state index contributed by atoms with van der Waals surface area (Å²) < 4.78 is 11.2. The van der Waals surface area contributed by atoms with Crippen LogP contribution in [0, 0.1) is 0 Å². The third-order valence-corrected chi connectivity index (χ3v) is 3.93. The molecule has 0 saturated carbocycles. The Hall–Kier alpha value is -1.28. The van der Waals surface area contributed by atoms with E-state index in [0.29, 0.717) is 0 Å². The van der Waals surface area contributed by atoms with Crippen LogP contribution >= 0.6 is 0 Å². The molecule has 1 aromatic carbocycles. The second-order valence-electron chi connectivity index (χ2n) is 4.74. The monoisotopic (exact) mass is 246 g/mol. The predicted octanol–water partition coefficient (Wildman–Crippen LogP) is 4.06. The highest BCUT2D eigenvalue weighted by Crippen LogP contribution is 2.38. The zero-order chi connectivity index (χ0) is 13.0. The van der Waals surface area contributed by atoms with Gasteiger partial charge in [0, 0.05) is 0 Å². The summed E-state index contributed by atoms with van der Waals surface area (Å²) >= 11 is 0. The number of benzene rings is 1. The van der Waals surface area contributed by atoms with E-state index < -0.39 is 0 Å². The highest BCUT2D eigenvalue weighted by molar-refractivity contribution is 5.56. The highest BCUT2D eigenvalue weighted by Gasteiger charge is 2.35. The van der Waals surface area contributed by atoms with Gasteiger partial charge in [0.1, 0.15) is 5.75 Å². The zero-order valence-corrected chi connectivity index (χ0v) is 11.5. The lowest BCUT2D eigenvalue weighted by atomic mass is 9.87. The fourth-order valence-electron chi connectivity index (χ4n) is 2.69. The summed E-state index contributed by atoms with van der Waals surface area (Å²) in [6.07, 6.45) is 5.42. The van der Waals surface area contributed by atoms with E-state index in [1.54, 1.807) is 7.11 Å². The lowest BCUT2D eigenvalue weighted by Crippen LogP contribution is -2.27. The van der Waals surface area contributed by atoms with Gasteiger partial charge in [0.05, 0.1) is 19.3 Å². The Morgan fingerprint density at radius 1 is 1.22 bits per heavy atom. The number of hydrogen-bond acceptors (Lipinski definition) is 2. The van der Waals surface area contributed by atoms with E-state index in [1.165, 1.54) is 11.1 Å². The van der Waals surface area contributed by atoms with Gasteiger partial charge in [-0.2, -0.15) is 0 Å². The van der Waals surface area contributed by atoms with Gasteiger partial charge in [-0.25, -0.2) is 0 Å². The van der Waals surface area contributed by atoms with Gasteiger partial charge in [-0.3, -0.25) is 0 Å². The first-order valence-corrected chi connectivity index (χ1v) is 6.73. The van der Waals surface area contributed by atoms with E-state index in [9.17, 15) is 0 Å².